The predicted octanol–water partition coefficient (Wildman–Crippen LogP) is 2.33. The number of amides is 2. The fourth-order valence-electron chi connectivity index (χ4n) is 3.92. The molecule has 3 aliphatic rings. The van der Waals surface area contributed by atoms with E-state index in [1.807, 2.05) is 38.1 Å². The average Bonchev–Trinajstić information content (AvgIpc) is 3.22. The molecule has 0 radical (unpaired) electrons. The largest absolute Gasteiger partial charge is 0.376 e. The molecular formula is C18H22N2O3S. The Kier molecular flexibility index (Phi) is 3.84. The van der Waals surface area contributed by atoms with E-state index >= 15 is 0 Å². The second-order valence-electron chi connectivity index (χ2n) is 7.16. The van der Waals surface area contributed by atoms with Crippen LogP contribution in [0.4, 0.5) is 0 Å². The van der Waals surface area contributed by atoms with E-state index < -0.39 is 6.04 Å². The van der Waals surface area contributed by atoms with Gasteiger partial charge in [0.1, 0.15) is 11.4 Å². The van der Waals surface area contributed by atoms with Crippen LogP contribution in [0.5, 0.6) is 0 Å². The maximum absolute atomic E-state index is 12.9. The molecule has 24 heavy (non-hydrogen) atoms. The quantitative estimate of drug-likeness (QED) is 0.913. The molecule has 4 rings (SSSR count). The highest BCUT2D eigenvalue weighted by Gasteiger charge is 2.57. The Morgan fingerprint density at radius 1 is 1.42 bits per heavy atom. The van der Waals surface area contributed by atoms with Crippen molar-refractivity contribution in [2.24, 2.45) is 0 Å². The highest BCUT2D eigenvalue weighted by Crippen LogP contribution is 2.56. The molecule has 5 nitrogen and oxygen atoms in total. The summed E-state index contributed by atoms with van der Waals surface area (Å²) in [5.74, 6) is -0.113. The number of nitrogens with one attached hydrogen (secondary N) is 1. The molecule has 1 N–H and O–H groups in total. The molecule has 128 valence electrons. The number of benzene rings is 1. The molecule has 3 atom stereocenters. The second-order valence-corrected chi connectivity index (χ2v) is 8.89. The van der Waals surface area contributed by atoms with Crippen molar-refractivity contribution in [1.29, 1.82) is 0 Å². The van der Waals surface area contributed by atoms with Crippen molar-refractivity contribution in [2.45, 2.75) is 49.0 Å². The number of hydrogen-bond donors (Lipinski definition) is 1. The summed E-state index contributed by atoms with van der Waals surface area (Å²) in [5.41, 5.74) is 1.75. The first-order valence-corrected chi connectivity index (χ1v) is 9.36. The van der Waals surface area contributed by atoms with Crippen LogP contribution in [-0.2, 0) is 9.53 Å². The minimum absolute atomic E-state index is 0.0362. The Labute approximate surface area is 146 Å². The van der Waals surface area contributed by atoms with Crippen molar-refractivity contribution in [1.82, 2.24) is 10.2 Å². The fraction of sp³-hybridized carbons (Fsp3) is 0.556. The molecule has 2 fully saturated rings. The van der Waals surface area contributed by atoms with Gasteiger partial charge in [0.15, 0.2) is 0 Å². The maximum Gasteiger partial charge on any atom is 0.256 e. The zero-order valence-electron chi connectivity index (χ0n) is 14.0. The molecule has 0 aliphatic carbocycles. The molecule has 3 aliphatic heterocycles. The number of thioether (sulfide) groups is 1. The van der Waals surface area contributed by atoms with E-state index in [1.54, 1.807) is 16.7 Å². The maximum atomic E-state index is 12.9. The smallest absolute Gasteiger partial charge is 0.256 e. The number of fused-ring (bicyclic) bond motifs is 3. The van der Waals surface area contributed by atoms with Crippen LogP contribution in [0.25, 0.3) is 0 Å². The van der Waals surface area contributed by atoms with Crippen molar-refractivity contribution in [3.8, 4) is 0 Å². The van der Waals surface area contributed by atoms with Gasteiger partial charge >= 0.3 is 0 Å². The van der Waals surface area contributed by atoms with Gasteiger partial charge in [-0.3, -0.25) is 9.59 Å². The Morgan fingerprint density at radius 3 is 2.96 bits per heavy atom. The minimum Gasteiger partial charge on any atom is -0.376 e. The summed E-state index contributed by atoms with van der Waals surface area (Å²) in [4.78, 5) is 27.5. The Hall–Kier alpha value is -1.53. The van der Waals surface area contributed by atoms with Crippen molar-refractivity contribution in [3.63, 3.8) is 0 Å². The molecular weight excluding hydrogens is 324 g/mol. The summed E-state index contributed by atoms with van der Waals surface area (Å²) in [5, 5.41) is 2.94. The molecule has 2 unspecified atom stereocenters. The zero-order valence-corrected chi connectivity index (χ0v) is 14.8. The highest BCUT2D eigenvalue weighted by atomic mass is 32.2. The van der Waals surface area contributed by atoms with Gasteiger partial charge in [0, 0.05) is 23.5 Å². The highest BCUT2D eigenvalue weighted by molar-refractivity contribution is 8.01. The van der Waals surface area contributed by atoms with E-state index in [-0.39, 0.29) is 28.0 Å². The molecule has 0 spiro atoms. The molecule has 0 bridgehead atoms. The lowest BCUT2D eigenvalue weighted by Crippen LogP contribution is -2.53. The lowest BCUT2D eigenvalue weighted by atomic mass is 10.0. The minimum atomic E-state index is -0.464. The normalized spacial score (nSPS) is 30.3. The van der Waals surface area contributed by atoms with E-state index in [1.165, 1.54) is 0 Å². The van der Waals surface area contributed by atoms with Crippen LogP contribution in [0, 0.1) is 0 Å². The Bertz CT molecular complexity index is 685. The van der Waals surface area contributed by atoms with Gasteiger partial charge in [-0.05, 0) is 38.3 Å². The van der Waals surface area contributed by atoms with Gasteiger partial charge < -0.3 is 15.0 Å². The molecule has 2 amide bonds. The van der Waals surface area contributed by atoms with Crippen LogP contribution in [0.3, 0.4) is 0 Å². The van der Waals surface area contributed by atoms with Gasteiger partial charge in [-0.1, -0.05) is 18.2 Å². The van der Waals surface area contributed by atoms with Crippen LogP contribution < -0.4 is 5.32 Å². The van der Waals surface area contributed by atoms with Gasteiger partial charge in [-0.2, -0.15) is 0 Å². The fourth-order valence-corrected chi connectivity index (χ4v) is 5.51. The second kappa shape index (κ2) is 5.77. The van der Waals surface area contributed by atoms with Crippen LogP contribution in [0.15, 0.2) is 24.3 Å². The number of rotatable bonds is 3. The van der Waals surface area contributed by atoms with E-state index in [4.69, 9.17) is 4.74 Å². The number of carbonyl (C=O) groups is 2. The predicted molar refractivity (Wildman–Crippen MR) is 92.8 cm³/mol. The summed E-state index contributed by atoms with van der Waals surface area (Å²) in [7, 11) is 0. The van der Waals surface area contributed by atoms with Crippen molar-refractivity contribution in [2.75, 3.05) is 13.2 Å². The average molecular weight is 346 g/mol. The van der Waals surface area contributed by atoms with Gasteiger partial charge in [-0.15, -0.1) is 11.8 Å². The molecule has 0 aromatic heterocycles. The monoisotopic (exact) mass is 346 g/mol. The van der Waals surface area contributed by atoms with E-state index in [0.29, 0.717) is 6.54 Å². The van der Waals surface area contributed by atoms with Crippen LogP contribution >= 0.6 is 11.8 Å². The number of hydrogen-bond acceptors (Lipinski definition) is 4. The van der Waals surface area contributed by atoms with Crippen LogP contribution in [-0.4, -0.2) is 46.8 Å². The third kappa shape index (κ3) is 2.43. The molecule has 2 saturated heterocycles. The molecule has 1 aromatic rings. The first kappa shape index (κ1) is 16.0. The first-order valence-electron chi connectivity index (χ1n) is 8.48. The topological polar surface area (TPSA) is 58.6 Å². The van der Waals surface area contributed by atoms with E-state index in [9.17, 15) is 9.59 Å². The first-order chi connectivity index (χ1) is 11.5. The molecule has 6 heteroatoms. The van der Waals surface area contributed by atoms with Crippen molar-refractivity contribution >= 4 is 23.6 Å². The summed E-state index contributed by atoms with van der Waals surface area (Å²) < 4.78 is 5.25. The van der Waals surface area contributed by atoms with Gasteiger partial charge in [0.05, 0.1) is 6.10 Å². The summed E-state index contributed by atoms with van der Waals surface area (Å²) in [6.07, 6.45) is 2.14. The van der Waals surface area contributed by atoms with E-state index in [2.05, 4.69) is 5.32 Å². The van der Waals surface area contributed by atoms with Crippen molar-refractivity contribution < 1.29 is 14.3 Å². The van der Waals surface area contributed by atoms with Gasteiger partial charge in [0.2, 0.25) is 5.91 Å². The number of carbonyl (C=O) groups excluding carboxylic acids is 2. The number of nitrogens with zero attached hydrogens (tertiary/aromatic N) is 1. The Balaban J connectivity index is 1.56. The third-order valence-corrected chi connectivity index (χ3v) is 6.61. The lowest BCUT2D eigenvalue weighted by Gasteiger charge is -2.29. The van der Waals surface area contributed by atoms with Gasteiger partial charge in [0.25, 0.3) is 5.91 Å². The number of ether oxygens (including phenoxy) is 1. The lowest BCUT2D eigenvalue weighted by molar-refractivity contribution is -0.126. The zero-order chi connectivity index (χ0) is 16.9. The van der Waals surface area contributed by atoms with Crippen LogP contribution in [0.2, 0.25) is 0 Å². The molecule has 3 heterocycles. The summed E-state index contributed by atoms with van der Waals surface area (Å²) >= 11 is 1.69. The molecule has 0 saturated carbocycles. The Morgan fingerprint density at radius 2 is 2.21 bits per heavy atom. The molecule has 1 aromatic carbocycles. The summed E-state index contributed by atoms with van der Waals surface area (Å²) in [6, 6.07) is 7.21. The summed E-state index contributed by atoms with van der Waals surface area (Å²) in [6.45, 7) is 5.38. The van der Waals surface area contributed by atoms with Crippen molar-refractivity contribution in [3.05, 3.63) is 35.4 Å². The third-order valence-electron chi connectivity index (χ3n) is 5.07. The van der Waals surface area contributed by atoms with Gasteiger partial charge in [-0.25, -0.2) is 0 Å². The van der Waals surface area contributed by atoms with E-state index in [0.717, 1.165) is 30.6 Å². The van der Waals surface area contributed by atoms with Crippen LogP contribution in [0.1, 0.15) is 48.0 Å². The SMILES string of the molecule is CC1(C)SC2c3ccccc3C(=O)N2[C@@H]1C(=O)NCC1CCCO1. The standard InChI is InChI=1S/C18H22N2O3S/c1-18(2)14(15(21)19-10-11-6-5-9-23-11)20-16(22)12-7-3-4-8-13(12)17(20)24-18/h3-4,7-8,11,14,17H,5-6,9-10H2,1-2H3,(H,19,21)/t11?,14-,17?/m1/s1.